The van der Waals surface area contributed by atoms with E-state index in [-0.39, 0.29) is 16.5 Å². The number of anilines is 3. The summed E-state index contributed by atoms with van der Waals surface area (Å²) in [5.74, 6) is 1.39. The van der Waals surface area contributed by atoms with Crippen molar-refractivity contribution in [3.63, 3.8) is 0 Å². The SMILES string of the molecule is CCc1cc(Nc2nn(-c3ccc(C(C)(C)C)cc3)c(=O)c3cc(N)ccc23)n(C(C)(C)C)n1. The lowest BCUT2D eigenvalue weighted by Gasteiger charge is -2.23. The summed E-state index contributed by atoms with van der Waals surface area (Å²) in [4.78, 5) is 13.4. The van der Waals surface area contributed by atoms with Gasteiger partial charge in [-0.15, -0.1) is 5.10 Å². The van der Waals surface area contributed by atoms with Crippen LogP contribution in [0.15, 0.2) is 53.3 Å². The predicted octanol–water partition coefficient (Wildman–Crippen LogP) is 5.52. The molecule has 2 heterocycles. The van der Waals surface area contributed by atoms with Gasteiger partial charge in [0.1, 0.15) is 5.82 Å². The van der Waals surface area contributed by atoms with Gasteiger partial charge < -0.3 is 11.1 Å². The second kappa shape index (κ2) is 8.31. The van der Waals surface area contributed by atoms with Gasteiger partial charge in [-0.05, 0) is 68.5 Å². The average molecular weight is 459 g/mol. The van der Waals surface area contributed by atoms with E-state index in [1.54, 1.807) is 12.1 Å². The van der Waals surface area contributed by atoms with Gasteiger partial charge in [0.15, 0.2) is 5.82 Å². The van der Waals surface area contributed by atoms with Crippen LogP contribution in [-0.4, -0.2) is 19.6 Å². The summed E-state index contributed by atoms with van der Waals surface area (Å²) in [6.45, 7) is 14.9. The molecule has 0 aliphatic heterocycles. The molecule has 0 saturated carbocycles. The first-order valence-electron chi connectivity index (χ1n) is 11.7. The first-order chi connectivity index (χ1) is 15.9. The first-order valence-corrected chi connectivity index (χ1v) is 11.7. The van der Waals surface area contributed by atoms with Crippen LogP contribution in [0, 0.1) is 0 Å². The smallest absolute Gasteiger partial charge is 0.279 e. The number of aryl methyl sites for hydroxylation is 1. The van der Waals surface area contributed by atoms with Crippen LogP contribution in [0.4, 0.5) is 17.3 Å². The fraction of sp³-hybridized carbons (Fsp3) is 0.370. The maximum Gasteiger partial charge on any atom is 0.279 e. The number of nitrogens with zero attached hydrogens (tertiary/aromatic N) is 4. The van der Waals surface area contributed by atoms with Crippen molar-refractivity contribution >= 4 is 28.1 Å². The number of hydrogen-bond acceptors (Lipinski definition) is 5. The number of benzene rings is 2. The Balaban J connectivity index is 1.91. The number of nitrogen functional groups attached to an aromatic ring is 1. The molecular formula is C27H34N6O. The molecule has 4 aromatic rings. The van der Waals surface area contributed by atoms with E-state index in [0.29, 0.717) is 28.0 Å². The molecule has 178 valence electrons. The number of nitrogens with one attached hydrogen (secondary N) is 1. The van der Waals surface area contributed by atoms with E-state index >= 15 is 0 Å². The minimum Gasteiger partial charge on any atom is -0.399 e. The van der Waals surface area contributed by atoms with Crippen LogP contribution < -0.4 is 16.6 Å². The van der Waals surface area contributed by atoms with Gasteiger partial charge in [-0.3, -0.25) is 4.79 Å². The fourth-order valence-electron chi connectivity index (χ4n) is 3.95. The first kappa shape index (κ1) is 23.5. The number of nitrogens with two attached hydrogens (primary N) is 1. The van der Waals surface area contributed by atoms with Crippen LogP contribution in [-0.2, 0) is 17.4 Å². The molecule has 7 heteroatoms. The molecule has 2 aromatic heterocycles. The molecule has 0 saturated heterocycles. The van der Waals surface area contributed by atoms with Crippen molar-refractivity contribution in [3.8, 4) is 5.69 Å². The van der Waals surface area contributed by atoms with Gasteiger partial charge in [-0.25, -0.2) is 4.68 Å². The molecule has 0 amide bonds. The maximum atomic E-state index is 13.4. The molecule has 2 aromatic carbocycles. The molecule has 0 unspecified atom stereocenters. The van der Waals surface area contributed by atoms with Crippen LogP contribution in [0.25, 0.3) is 16.5 Å². The molecular weight excluding hydrogens is 424 g/mol. The quantitative estimate of drug-likeness (QED) is 0.393. The molecule has 0 fully saturated rings. The summed E-state index contributed by atoms with van der Waals surface area (Å²) in [6, 6.07) is 15.3. The van der Waals surface area contributed by atoms with Crippen LogP contribution in [0.5, 0.6) is 0 Å². The van der Waals surface area contributed by atoms with Gasteiger partial charge in [0, 0.05) is 17.1 Å². The van der Waals surface area contributed by atoms with Crippen molar-refractivity contribution in [2.75, 3.05) is 11.1 Å². The van der Waals surface area contributed by atoms with E-state index < -0.39 is 0 Å². The minimum absolute atomic E-state index is 0.0177. The minimum atomic E-state index is -0.229. The highest BCUT2D eigenvalue weighted by molar-refractivity contribution is 5.94. The van der Waals surface area contributed by atoms with Crippen molar-refractivity contribution in [2.24, 2.45) is 0 Å². The third-order valence-corrected chi connectivity index (χ3v) is 5.90. The van der Waals surface area contributed by atoms with E-state index in [9.17, 15) is 4.79 Å². The topological polar surface area (TPSA) is 90.8 Å². The molecule has 0 radical (unpaired) electrons. The highest BCUT2D eigenvalue weighted by Gasteiger charge is 2.21. The molecule has 34 heavy (non-hydrogen) atoms. The van der Waals surface area contributed by atoms with Gasteiger partial charge in [0.25, 0.3) is 5.56 Å². The van der Waals surface area contributed by atoms with E-state index in [0.717, 1.165) is 17.9 Å². The van der Waals surface area contributed by atoms with Crippen LogP contribution >= 0.6 is 0 Å². The van der Waals surface area contributed by atoms with Crippen molar-refractivity contribution < 1.29 is 0 Å². The zero-order chi connectivity index (χ0) is 24.8. The molecule has 0 aliphatic rings. The number of hydrogen-bond donors (Lipinski definition) is 2. The molecule has 0 aliphatic carbocycles. The van der Waals surface area contributed by atoms with Crippen LogP contribution in [0.2, 0.25) is 0 Å². The lowest BCUT2D eigenvalue weighted by atomic mass is 9.87. The standard InChI is InChI=1S/C27H34N6O/c1-8-19-16-23(33(30-19)27(5,6)7)29-24-21-14-11-18(28)15-22(21)25(34)32(31-24)20-12-9-17(10-13-20)26(2,3)4/h9-16H,8,28H2,1-7H3,(H,29,31). The highest BCUT2D eigenvalue weighted by atomic mass is 16.1. The van der Waals surface area contributed by atoms with Crippen molar-refractivity contribution in [3.05, 3.63) is 70.1 Å². The lowest BCUT2D eigenvalue weighted by molar-refractivity contribution is 0.359. The second-order valence-corrected chi connectivity index (χ2v) is 10.7. The molecule has 0 atom stereocenters. The summed E-state index contributed by atoms with van der Waals surface area (Å²) in [5, 5.41) is 14.2. The molecule has 7 nitrogen and oxygen atoms in total. The fourth-order valence-corrected chi connectivity index (χ4v) is 3.95. The summed E-state index contributed by atoms with van der Waals surface area (Å²) in [7, 11) is 0. The summed E-state index contributed by atoms with van der Waals surface area (Å²) >= 11 is 0. The van der Waals surface area contributed by atoms with Crippen molar-refractivity contribution in [1.82, 2.24) is 19.6 Å². The Morgan fingerprint density at radius 2 is 1.59 bits per heavy atom. The average Bonchev–Trinajstić information content (AvgIpc) is 3.19. The van der Waals surface area contributed by atoms with Gasteiger partial charge >= 0.3 is 0 Å². The van der Waals surface area contributed by atoms with E-state index in [1.165, 1.54) is 10.2 Å². The van der Waals surface area contributed by atoms with Crippen molar-refractivity contribution in [1.29, 1.82) is 0 Å². The molecule has 4 rings (SSSR count). The summed E-state index contributed by atoms with van der Waals surface area (Å²) < 4.78 is 3.40. The number of rotatable bonds is 4. The zero-order valence-electron chi connectivity index (χ0n) is 21.1. The normalized spacial score (nSPS) is 12.3. The molecule has 0 bridgehead atoms. The van der Waals surface area contributed by atoms with Gasteiger partial charge in [0.2, 0.25) is 0 Å². The summed E-state index contributed by atoms with van der Waals surface area (Å²) in [6.07, 6.45) is 0.822. The Labute approximate surface area is 200 Å². The van der Waals surface area contributed by atoms with E-state index in [1.807, 2.05) is 41.1 Å². The van der Waals surface area contributed by atoms with Gasteiger partial charge in [-0.1, -0.05) is 39.8 Å². The molecule has 0 spiro atoms. The van der Waals surface area contributed by atoms with Crippen molar-refractivity contribution in [2.45, 2.75) is 65.8 Å². The lowest BCUT2D eigenvalue weighted by Crippen LogP contribution is -2.26. The van der Waals surface area contributed by atoms with E-state index in [4.69, 9.17) is 15.9 Å². The summed E-state index contributed by atoms with van der Waals surface area (Å²) in [5.41, 5.74) is 9.03. The number of aromatic nitrogens is 4. The zero-order valence-corrected chi connectivity index (χ0v) is 21.1. The number of fused-ring (bicyclic) bond motifs is 1. The third kappa shape index (κ3) is 4.42. The Kier molecular flexibility index (Phi) is 5.75. The van der Waals surface area contributed by atoms with Crippen LogP contribution in [0.3, 0.4) is 0 Å². The Hall–Kier alpha value is -3.61. The Morgan fingerprint density at radius 1 is 0.912 bits per heavy atom. The second-order valence-electron chi connectivity index (χ2n) is 10.7. The Bertz CT molecular complexity index is 1400. The Morgan fingerprint density at radius 3 is 2.18 bits per heavy atom. The maximum absolute atomic E-state index is 13.4. The molecule has 3 N–H and O–H groups in total. The van der Waals surface area contributed by atoms with E-state index in [2.05, 4.69) is 53.8 Å². The predicted molar refractivity (Wildman–Crippen MR) is 140 cm³/mol. The third-order valence-electron chi connectivity index (χ3n) is 5.90. The van der Waals surface area contributed by atoms with Gasteiger partial charge in [-0.2, -0.15) is 9.78 Å². The monoisotopic (exact) mass is 458 g/mol. The highest BCUT2D eigenvalue weighted by Crippen LogP contribution is 2.29. The largest absolute Gasteiger partial charge is 0.399 e. The van der Waals surface area contributed by atoms with Crippen LogP contribution in [0.1, 0.15) is 59.7 Å². The van der Waals surface area contributed by atoms with Gasteiger partial charge in [0.05, 0.1) is 22.3 Å².